The van der Waals surface area contributed by atoms with Crippen molar-refractivity contribution in [1.29, 1.82) is 0 Å². The van der Waals surface area contributed by atoms with E-state index in [-0.39, 0.29) is 23.8 Å². The Bertz CT molecular complexity index is 707. The molecule has 0 unspecified atom stereocenters. The number of amides is 1. The van der Waals surface area contributed by atoms with E-state index in [1.807, 2.05) is 24.3 Å². The van der Waals surface area contributed by atoms with Gasteiger partial charge in [0.1, 0.15) is 6.17 Å². The standard InChI is InChI=1S/C26H41FN2O2/c1-25(2,3)14-16-29-15-11-21(23(27)18-29)17-28-24(31)26(12-5-4-6-13-26)22-9-7-20(19-30)8-10-22/h7-10,21,23,30H,4-6,11-19H2,1-3H3,(H,28,31)/t21-,23-/m0/s1. The molecule has 1 aliphatic heterocycles. The van der Waals surface area contributed by atoms with Crippen LogP contribution in [0, 0.1) is 11.3 Å². The minimum absolute atomic E-state index is 0.00577. The minimum Gasteiger partial charge on any atom is -0.392 e. The molecule has 31 heavy (non-hydrogen) atoms. The summed E-state index contributed by atoms with van der Waals surface area (Å²) in [7, 11) is 0. The van der Waals surface area contributed by atoms with Crippen LogP contribution in [0.5, 0.6) is 0 Å². The third-order valence-corrected chi connectivity index (χ3v) is 7.29. The van der Waals surface area contributed by atoms with Crippen LogP contribution < -0.4 is 5.32 Å². The number of aliphatic hydroxyl groups is 1. The molecular weight excluding hydrogens is 391 g/mol. The number of hydrogen-bond acceptors (Lipinski definition) is 3. The van der Waals surface area contributed by atoms with E-state index in [1.165, 1.54) is 0 Å². The van der Waals surface area contributed by atoms with E-state index in [2.05, 4.69) is 31.0 Å². The average Bonchev–Trinajstić information content (AvgIpc) is 2.77. The van der Waals surface area contributed by atoms with Gasteiger partial charge in [-0.3, -0.25) is 4.79 Å². The normalized spacial score (nSPS) is 24.7. The smallest absolute Gasteiger partial charge is 0.230 e. The van der Waals surface area contributed by atoms with Crippen LogP contribution in [-0.4, -0.2) is 48.3 Å². The Balaban J connectivity index is 1.58. The summed E-state index contributed by atoms with van der Waals surface area (Å²) >= 11 is 0. The van der Waals surface area contributed by atoms with Crippen LogP contribution >= 0.6 is 0 Å². The summed E-state index contributed by atoms with van der Waals surface area (Å²) in [4.78, 5) is 15.6. The number of aliphatic hydroxyl groups excluding tert-OH is 1. The quantitative estimate of drug-likeness (QED) is 0.662. The van der Waals surface area contributed by atoms with Crippen molar-refractivity contribution in [2.75, 3.05) is 26.2 Å². The Hall–Kier alpha value is -1.46. The molecule has 1 aromatic rings. The number of nitrogens with one attached hydrogen (secondary N) is 1. The molecule has 1 saturated carbocycles. The highest BCUT2D eigenvalue weighted by Gasteiger charge is 2.41. The number of piperidine rings is 1. The van der Waals surface area contributed by atoms with Gasteiger partial charge in [0.15, 0.2) is 0 Å². The van der Waals surface area contributed by atoms with Crippen LogP contribution in [0.3, 0.4) is 0 Å². The first-order valence-electron chi connectivity index (χ1n) is 12.1. The molecule has 3 rings (SSSR count). The monoisotopic (exact) mass is 432 g/mol. The van der Waals surface area contributed by atoms with Gasteiger partial charge < -0.3 is 15.3 Å². The third-order valence-electron chi connectivity index (χ3n) is 7.29. The largest absolute Gasteiger partial charge is 0.392 e. The SMILES string of the molecule is CC(C)(C)CCN1CC[C@@H](CNC(=O)C2(c3ccc(CO)cc3)CCCCC2)[C@@H](F)C1. The second-order valence-corrected chi connectivity index (χ2v) is 10.9. The van der Waals surface area contributed by atoms with E-state index < -0.39 is 11.6 Å². The highest BCUT2D eigenvalue weighted by molar-refractivity contribution is 5.88. The van der Waals surface area contributed by atoms with Gasteiger partial charge in [-0.05, 0) is 55.3 Å². The van der Waals surface area contributed by atoms with Crippen LogP contribution in [0.15, 0.2) is 24.3 Å². The zero-order valence-electron chi connectivity index (χ0n) is 19.6. The molecule has 0 bridgehead atoms. The van der Waals surface area contributed by atoms with Crippen LogP contribution in [0.4, 0.5) is 4.39 Å². The van der Waals surface area contributed by atoms with Gasteiger partial charge in [0.2, 0.25) is 5.91 Å². The third kappa shape index (κ3) is 6.29. The Morgan fingerprint density at radius 1 is 1.19 bits per heavy atom. The Labute approximate surface area is 187 Å². The first-order chi connectivity index (χ1) is 14.7. The Morgan fingerprint density at radius 3 is 2.45 bits per heavy atom. The molecule has 1 aliphatic carbocycles. The van der Waals surface area contributed by atoms with Crippen LogP contribution in [0.2, 0.25) is 0 Å². The van der Waals surface area contributed by atoms with Crippen molar-refractivity contribution in [2.24, 2.45) is 11.3 Å². The zero-order valence-corrected chi connectivity index (χ0v) is 19.6. The van der Waals surface area contributed by atoms with Gasteiger partial charge in [-0.15, -0.1) is 0 Å². The molecule has 5 heteroatoms. The van der Waals surface area contributed by atoms with Crippen LogP contribution in [-0.2, 0) is 16.8 Å². The maximum absolute atomic E-state index is 14.9. The summed E-state index contributed by atoms with van der Waals surface area (Å²) in [6.45, 7) is 9.42. The molecule has 4 nitrogen and oxygen atoms in total. The summed E-state index contributed by atoms with van der Waals surface area (Å²) in [5, 5.41) is 12.5. The lowest BCUT2D eigenvalue weighted by molar-refractivity contribution is -0.128. The van der Waals surface area contributed by atoms with Crippen molar-refractivity contribution in [3.05, 3.63) is 35.4 Å². The van der Waals surface area contributed by atoms with Gasteiger partial charge in [-0.2, -0.15) is 0 Å². The van der Waals surface area contributed by atoms with E-state index in [0.717, 1.165) is 69.2 Å². The van der Waals surface area contributed by atoms with Crippen LogP contribution in [0.1, 0.15) is 76.8 Å². The number of benzene rings is 1. The van der Waals surface area contributed by atoms with Gasteiger partial charge in [-0.1, -0.05) is 64.3 Å². The Kier molecular flexibility index (Phi) is 8.14. The molecule has 2 atom stereocenters. The van der Waals surface area contributed by atoms with Crippen molar-refractivity contribution in [3.63, 3.8) is 0 Å². The highest BCUT2D eigenvalue weighted by Crippen LogP contribution is 2.40. The fourth-order valence-corrected chi connectivity index (χ4v) is 5.07. The van der Waals surface area contributed by atoms with Crippen molar-refractivity contribution in [2.45, 2.75) is 83.9 Å². The van der Waals surface area contributed by atoms with Crippen molar-refractivity contribution in [3.8, 4) is 0 Å². The van der Waals surface area contributed by atoms with Crippen LogP contribution in [0.25, 0.3) is 0 Å². The molecule has 0 spiro atoms. The highest BCUT2D eigenvalue weighted by atomic mass is 19.1. The topological polar surface area (TPSA) is 52.6 Å². The molecule has 1 aromatic carbocycles. The average molecular weight is 433 g/mol. The number of rotatable bonds is 7. The Morgan fingerprint density at radius 2 is 1.87 bits per heavy atom. The number of alkyl halides is 1. The van der Waals surface area contributed by atoms with Gasteiger partial charge in [0, 0.05) is 19.0 Å². The molecule has 1 amide bonds. The number of carbonyl (C=O) groups excluding carboxylic acids is 1. The summed E-state index contributed by atoms with van der Waals surface area (Å²) in [6.07, 6.45) is 5.87. The number of nitrogens with zero attached hydrogens (tertiary/aromatic N) is 1. The van der Waals surface area contributed by atoms with Gasteiger partial charge >= 0.3 is 0 Å². The maximum atomic E-state index is 14.9. The molecular formula is C26H41FN2O2. The van der Waals surface area contributed by atoms with Crippen molar-refractivity contribution in [1.82, 2.24) is 10.2 Å². The fraction of sp³-hybridized carbons (Fsp3) is 0.731. The van der Waals surface area contributed by atoms with E-state index in [4.69, 9.17) is 0 Å². The summed E-state index contributed by atoms with van der Waals surface area (Å²) in [5.41, 5.74) is 1.62. The van der Waals surface area contributed by atoms with Gasteiger partial charge in [0.25, 0.3) is 0 Å². The predicted octanol–water partition coefficient (Wildman–Crippen LogP) is 4.59. The maximum Gasteiger partial charge on any atom is 0.230 e. The lowest BCUT2D eigenvalue weighted by Gasteiger charge is -2.39. The number of carbonyl (C=O) groups is 1. The minimum atomic E-state index is -0.889. The molecule has 174 valence electrons. The van der Waals surface area contributed by atoms with E-state index >= 15 is 0 Å². The lowest BCUT2D eigenvalue weighted by atomic mass is 9.68. The first kappa shape index (κ1) is 24.2. The second kappa shape index (κ2) is 10.4. The van der Waals surface area contributed by atoms with Gasteiger partial charge in [0.05, 0.1) is 12.0 Å². The molecule has 1 saturated heterocycles. The van der Waals surface area contributed by atoms with Crippen molar-refractivity contribution < 1.29 is 14.3 Å². The lowest BCUT2D eigenvalue weighted by Crippen LogP contribution is -2.50. The summed E-state index contributed by atoms with van der Waals surface area (Å²) in [6, 6.07) is 7.79. The predicted molar refractivity (Wildman–Crippen MR) is 124 cm³/mol. The second-order valence-electron chi connectivity index (χ2n) is 10.9. The number of likely N-dealkylation sites (tertiary alicyclic amines) is 1. The molecule has 0 aromatic heterocycles. The molecule has 0 radical (unpaired) electrons. The molecule has 2 fully saturated rings. The summed E-state index contributed by atoms with van der Waals surface area (Å²) < 4.78 is 14.9. The molecule has 2 aliphatic rings. The molecule has 1 heterocycles. The first-order valence-corrected chi connectivity index (χ1v) is 12.1. The van der Waals surface area contributed by atoms with E-state index in [1.54, 1.807) is 0 Å². The number of hydrogen-bond donors (Lipinski definition) is 2. The van der Waals surface area contributed by atoms with E-state index in [0.29, 0.717) is 13.1 Å². The summed E-state index contributed by atoms with van der Waals surface area (Å²) in [5.74, 6) is -0.0569. The molecule has 2 N–H and O–H groups in total. The number of halogens is 1. The van der Waals surface area contributed by atoms with Crippen molar-refractivity contribution >= 4 is 5.91 Å². The van der Waals surface area contributed by atoms with E-state index in [9.17, 15) is 14.3 Å². The van der Waals surface area contributed by atoms with Gasteiger partial charge in [-0.25, -0.2) is 4.39 Å². The fourth-order valence-electron chi connectivity index (χ4n) is 5.07. The zero-order chi connectivity index (χ0) is 22.5.